The lowest BCUT2D eigenvalue weighted by molar-refractivity contribution is -0.139. The number of nitrogens with zero attached hydrogens (tertiary/aromatic N) is 1. The first-order valence-corrected chi connectivity index (χ1v) is 3.62. The molecular weight excluding hydrogens is 190 g/mol. The van der Waals surface area contributed by atoms with E-state index in [0.717, 1.165) is 6.20 Å². The average molecular weight is 197 g/mol. The number of aromatic nitrogens is 1. The summed E-state index contributed by atoms with van der Waals surface area (Å²) in [5, 5.41) is 16.9. The fourth-order valence-corrected chi connectivity index (χ4v) is 0.760. The smallest absolute Gasteiger partial charge is 0.341 e. The summed E-state index contributed by atoms with van der Waals surface area (Å²) in [7, 11) is 0. The summed E-state index contributed by atoms with van der Waals surface area (Å²) in [6, 6.07) is 1.21. The van der Waals surface area contributed by atoms with Gasteiger partial charge in [0.25, 0.3) is 0 Å². The maximum absolute atomic E-state index is 10.5. The van der Waals surface area contributed by atoms with Crippen LogP contribution in [-0.2, 0) is 4.79 Å². The molecule has 0 aliphatic rings. The van der Waals surface area contributed by atoms with Gasteiger partial charge in [0.2, 0.25) is 0 Å². The van der Waals surface area contributed by atoms with Gasteiger partial charge < -0.3 is 14.9 Å². The molecule has 1 heterocycles. The Bertz CT molecular complexity index is 363. The zero-order valence-corrected chi connectivity index (χ0v) is 7.01. The van der Waals surface area contributed by atoms with Crippen LogP contribution in [0.2, 0.25) is 0 Å². The maximum atomic E-state index is 10.5. The van der Waals surface area contributed by atoms with Crippen LogP contribution in [0.4, 0.5) is 0 Å². The molecule has 1 rings (SSSR count). The highest BCUT2D eigenvalue weighted by atomic mass is 16.5. The minimum absolute atomic E-state index is 0.0483. The van der Waals surface area contributed by atoms with E-state index in [9.17, 15) is 9.59 Å². The van der Waals surface area contributed by atoms with E-state index < -0.39 is 18.5 Å². The molecule has 0 aliphatic carbocycles. The summed E-state index contributed by atoms with van der Waals surface area (Å²) in [6.07, 6.45) is 2.39. The minimum atomic E-state index is -1.14. The Morgan fingerprint density at radius 1 is 1.36 bits per heavy atom. The topological polar surface area (TPSA) is 96.7 Å². The molecule has 1 aromatic rings. The largest absolute Gasteiger partial charge is 0.480 e. The number of pyridine rings is 1. The molecule has 1 aromatic heterocycles. The van der Waals surface area contributed by atoms with Gasteiger partial charge >= 0.3 is 11.9 Å². The van der Waals surface area contributed by atoms with Gasteiger partial charge in [-0.25, -0.2) is 9.59 Å². The van der Waals surface area contributed by atoms with Crippen molar-refractivity contribution in [1.29, 1.82) is 0 Å². The fourth-order valence-electron chi connectivity index (χ4n) is 0.760. The zero-order valence-electron chi connectivity index (χ0n) is 7.01. The van der Waals surface area contributed by atoms with Crippen molar-refractivity contribution in [3.05, 3.63) is 24.0 Å². The fraction of sp³-hybridized carbons (Fsp3) is 0.125. The maximum Gasteiger partial charge on any atom is 0.341 e. The number of hydrogen-bond donors (Lipinski definition) is 2. The van der Waals surface area contributed by atoms with Gasteiger partial charge in [0.15, 0.2) is 6.61 Å². The third kappa shape index (κ3) is 2.74. The second kappa shape index (κ2) is 4.22. The summed E-state index contributed by atoms with van der Waals surface area (Å²) in [5.74, 6) is -2.16. The number of carboxylic acid groups (broad SMARTS) is 2. The van der Waals surface area contributed by atoms with Crippen molar-refractivity contribution in [3.8, 4) is 5.75 Å². The molecule has 0 atom stereocenters. The summed E-state index contributed by atoms with van der Waals surface area (Å²) >= 11 is 0. The van der Waals surface area contributed by atoms with Crippen LogP contribution in [0.5, 0.6) is 5.75 Å². The number of rotatable bonds is 4. The summed E-state index contributed by atoms with van der Waals surface area (Å²) in [5.41, 5.74) is -0.0483. The zero-order chi connectivity index (χ0) is 10.6. The Kier molecular flexibility index (Phi) is 3.01. The molecule has 0 saturated carbocycles. The van der Waals surface area contributed by atoms with Crippen LogP contribution in [0.25, 0.3) is 0 Å². The van der Waals surface area contributed by atoms with Gasteiger partial charge in [0.05, 0.1) is 11.8 Å². The molecule has 0 spiro atoms. The molecule has 0 bridgehead atoms. The van der Waals surface area contributed by atoms with Gasteiger partial charge in [-0.15, -0.1) is 0 Å². The van der Waals surface area contributed by atoms with E-state index in [1.165, 1.54) is 12.3 Å². The lowest BCUT2D eigenvalue weighted by Gasteiger charge is -2.02. The summed E-state index contributed by atoms with van der Waals surface area (Å²) in [6.45, 7) is -0.523. The predicted molar refractivity (Wildman–Crippen MR) is 44.3 cm³/mol. The van der Waals surface area contributed by atoms with Crippen molar-refractivity contribution in [2.75, 3.05) is 6.61 Å². The Balaban J connectivity index is 2.73. The number of ether oxygens (including phenoxy) is 1. The van der Waals surface area contributed by atoms with Crippen molar-refractivity contribution in [3.63, 3.8) is 0 Å². The van der Waals surface area contributed by atoms with Gasteiger partial charge in [-0.3, -0.25) is 4.98 Å². The highest BCUT2D eigenvalue weighted by molar-refractivity contribution is 5.87. The van der Waals surface area contributed by atoms with Crippen molar-refractivity contribution < 1.29 is 24.5 Å². The summed E-state index contributed by atoms with van der Waals surface area (Å²) in [4.78, 5) is 24.2. The van der Waals surface area contributed by atoms with E-state index in [-0.39, 0.29) is 11.3 Å². The van der Waals surface area contributed by atoms with Crippen LogP contribution in [0.1, 0.15) is 10.4 Å². The second-order valence-corrected chi connectivity index (χ2v) is 2.40. The molecule has 0 unspecified atom stereocenters. The normalized spacial score (nSPS) is 9.43. The average Bonchev–Trinajstić information content (AvgIpc) is 2.15. The van der Waals surface area contributed by atoms with Crippen molar-refractivity contribution >= 4 is 11.9 Å². The van der Waals surface area contributed by atoms with E-state index in [1.54, 1.807) is 0 Å². The Morgan fingerprint density at radius 2 is 2.07 bits per heavy atom. The summed E-state index contributed by atoms with van der Waals surface area (Å²) < 4.78 is 4.73. The van der Waals surface area contributed by atoms with Crippen molar-refractivity contribution in [2.45, 2.75) is 0 Å². The predicted octanol–water partition coefficient (Wildman–Crippen LogP) is 0.243. The lowest BCUT2D eigenvalue weighted by atomic mass is 10.3. The van der Waals surface area contributed by atoms with E-state index in [4.69, 9.17) is 14.9 Å². The van der Waals surface area contributed by atoms with Crippen LogP contribution in [0, 0.1) is 0 Å². The monoisotopic (exact) mass is 197 g/mol. The first-order chi connectivity index (χ1) is 6.59. The standard InChI is InChI=1S/C8H7NO5/c10-7(11)4-14-6-1-5(8(12)13)2-9-3-6/h1-3H,4H2,(H,10,11)(H,12,13). The number of carbonyl (C=O) groups is 2. The van der Waals surface area contributed by atoms with E-state index in [0.29, 0.717) is 0 Å². The Morgan fingerprint density at radius 3 is 2.64 bits per heavy atom. The van der Waals surface area contributed by atoms with Crippen LogP contribution < -0.4 is 4.74 Å². The molecule has 14 heavy (non-hydrogen) atoms. The Labute approximate surface area is 78.8 Å². The first kappa shape index (κ1) is 9.97. The van der Waals surface area contributed by atoms with E-state index >= 15 is 0 Å². The third-order valence-electron chi connectivity index (χ3n) is 1.32. The molecule has 74 valence electrons. The highest BCUT2D eigenvalue weighted by Crippen LogP contribution is 2.10. The molecule has 0 fully saturated rings. The van der Waals surface area contributed by atoms with Crippen LogP contribution >= 0.6 is 0 Å². The third-order valence-corrected chi connectivity index (χ3v) is 1.32. The second-order valence-electron chi connectivity index (χ2n) is 2.40. The number of aromatic carboxylic acids is 1. The number of aliphatic carboxylic acids is 1. The quantitative estimate of drug-likeness (QED) is 0.717. The van der Waals surface area contributed by atoms with Crippen molar-refractivity contribution in [1.82, 2.24) is 4.98 Å². The molecular formula is C8H7NO5. The van der Waals surface area contributed by atoms with Crippen LogP contribution in [0.3, 0.4) is 0 Å². The van der Waals surface area contributed by atoms with Gasteiger partial charge in [-0.1, -0.05) is 0 Å². The van der Waals surface area contributed by atoms with Gasteiger partial charge in [-0.05, 0) is 6.07 Å². The van der Waals surface area contributed by atoms with E-state index in [1.807, 2.05) is 0 Å². The van der Waals surface area contributed by atoms with Gasteiger partial charge in [0, 0.05) is 6.20 Å². The molecule has 0 aromatic carbocycles. The first-order valence-electron chi connectivity index (χ1n) is 3.62. The molecule has 0 radical (unpaired) electrons. The molecule has 6 nitrogen and oxygen atoms in total. The van der Waals surface area contributed by atoms with Gasteiger partial charge in [-0.2, -0.15) is 0 Å². The van der Waals surface area contributed by atoms with Gasteiger partial charge in [0.1, 0.15) is 5.75 Å². The molecule has 0 amide bonds. The van der Waals surface area contributed by atoms with Crippen LogP contribution in [-0.4, -0.2) is 33.7 Å². The highest BCUT2D eigenvalue weighted by Gasteiger charge is 2.05. The van der Waals surface area contributed by atoms with Crippen molar-refractivity contribution in [2.24, 2.45) is 0 Å². The van der Waals surface area contributed by atoms with Crippen LogP contribution in [0.15, 0.2) is 18.5 Å². The number of carboxylic acids is 2. The Hall–Kier alpha value is -2.11. The molecule has 0 aliphatic heterocycles. The van der Waals surface area contributed by atoms with E-state index in [2.05, 4.69) is 4.98 Å². The SMILES string of the molecule is O=C(O)COc1cncc(C(=O)O)c1. The molecule has 2 N–H and O–H groups in total. The molecule has 0 saturated heterocycles. The lowest BCUT2D eigenvalue weighted by Crippen LogP contribution is -2.10. The minimum Gasteiger partial charge on any atom is -0.480 e. The number of hydrogen-bond acceptors (Lipinski definition) is 4. The molecule has 6 heteroatoms.